The van der Waals surface area contributed by atoms with Gasteiger partial charge in [0.15, 0.2) is 28.8 Å². The topological polar surface area (TPSA) is 98.8 Å². The number of rotatable bonds is 7. The van der Waals surface area contributed by atoms with E-state index < -0.39 is 5.92 Å². The van der Waals surface area contributed by atoms with Crippen LogP contribution in [0.3, 0.4) is 0 Å². The van der Waals surface area contributed by atoms with Gasteiger partial charge in [0.05, 0.1) is 47.5 Å². The average molecular weight is 519 g/mol. The van der Waals surface area contributed by atoms with Crippen molar-refractivity contribution >= 4 is 17.8 Å². The molecule has 0 fully saturated rings. The van der Waals surface area contributed by atoms with Crippen LogP contribution in [0.2, 0.25) is 0 Å². The van der Waals surface area contributed by atoms with Crippen LogP contribution in [0.25, 0.3) is 6.08 Å². The van der Waals surface area contributed by atoms with Crippen molar-refractivity contribution in [1.82, 2.24) is 0 Å². The standard InChI is InChI=1S/C29H26O9/c1-32-19-8-6-15(10-22(19)34-3)18-13-26(30)37-20-9-7-17-28(31)25(38-29(17)27(18)20)12-16-11-23(35-4)24(36-5)14-21(16)33-2/h6-12,14,18H,13H2,1-5H3/b25-12-/t18-/m1/s1. The molecule has 9 heteroatoms. The first-order valence-electron chi connectivity index (χ1n) is 11.8. The predicted molar refractivity (Wildman–Crippen MR) is 137 cm³/mol. The van der Waals surface area contributed by atoms with Crippen LogP contribution in [0.1, 0.15) is 39.4 Å². The van der Waals surface area contributed by atoms with Gasteiger partial charge in [-0.1, -0.05) is 6.07 Å². The van der Waals surface area contributed by atoms with Gasteiger partial charge in [-0.15, -0.1) is 0 Å². The molecule has 0 radical (unpaired) electrons. The molecular formula is C29H26O9. The molecule has 0 saturated carbocycles. The van der Waals surface area contributed by atoms with E-state index in [1.54, 1.807) is 50.6 Å². The molecule has 0 spiro atoms. The van der Waals surface area contributed by atoms with Gasteiger partial charge in [0.1, 0.15) is 17.2 Å². The fraction of sp³-hybridized carbons (Fsp3) is 0.241. The van der Waals surface area contributed by atoms with Crippen LogP contribution in [0.15, 0.2) is 48.2 Å². The summed E-state index contributed by atoms with van der Waals surface area (Å²) in [5.74, 6) is 2.21. The maximum atomic E-state index is 13.4. The Morgan fingerprint density at radius 1 is 0.737 bits per heavy atom. The van der Waals surface area contributed by atoms with Gasteiger partial charge in [0.2, 0.25) is 5.78 Å². The Balaban J connectivity index is 1.60. The van der Waals surface area contributed by atoms with Crippen LogP contribution >= 0.6 is 0 Å². The number of esters is 1. The molecule has 196 valence electrons. The van der Waals surface area contributed by atoms with Crippen LogP contribution in [0, 0.1) is 0 Å². The molecule has 0 aromatic heterocycles. The lowest BCUT2D eigenvalue weighted by Gasteiger charge is -2.26. The zero-order valence-electron chi connectivity index (χ0n) is 21.6. The number of carbonyl (C=O) groups is 2. The van der Waals surface area contributed by atoms with E-state index in [-0.39, 0.29) is 23.9 Å². The molecular weight excluding hydrogens is 492 g/mol. The van der Waals surface area contributed by atoms with E-state index in [4.69, 9.17) is 33.2 Å². The molecule has 5 rings (SSSR count). The lowest BCUT2D eigenvalue weighted by atomic mass is 9.84. The van der Waals surface area contributed by atoms with Crippen LogP contribution in [0.5, 0.6) is 40.2 Å². The molecule has 0 amide bonds. The van der Waals surface area contributed by atoms with Crippen molar-refractivity contribution in [2.75, 3.05) is 35.5 Å². The minimum atomic E-state index is -0.427. The lowest BCUT2D eigenvalue weighted by molar-refractivity contribution is -0.135. The summed E-state index contributed by atoms with van der Waals surface area (Å²) < 4.78 is 38.8. The molecule has 0 saturated heterocycles. The summed E-state index contributed by atoms with van der Waals surface area (Å²) in [6, 6.07) is 12.1. The van der Waals surface area contributed by atoms with E-state index in [0.29, 0.717) is 56.9 Å². The highest BCUT2D eigenvalue weighted by molar-refractivity contribution is 6.15. The number of fused-ring (bicyclic) bond motifs is 3. The van der Waals surface area contributed by atoms with E-state index in [9.17, 15) is 9.59 Å². The highest BCUT2D eigenvalue weighted by Gasteiger charge is 2.39. The van der Waals surface area contributed by atoms with Gasteiger partial charge in [-0.25, -0.2) is 0 Å². The molecule has 9 nitrogen and oxygen atoms in total. The first-order valence-corrected chi connectivity index (χ1v) is 11.8. The number of hydrogen-bond donors (Lipinski definition) is 0. The summed E-state index contributed by atoms with van der Waals surface area (Å²) >= 11 is 0. The summed E-state index contributed by atoms with van der Waals surface area (Å²) in [5, 5.41) is 0. The third-order valence-corrected chi connectivity index (χ3v) is 6.61. The molecule has 2 aliphatic heterocycles. The molecule has 2 aliphatic rings. The van der Waals surface area contributed by atoms with Crippen molar-refractivity contribution in [1.29, 1.82) is 0 Å². The molecule has 2 heterocycles. The van der Waals surface area contributed by atoms with Gasteiger partial charge < -0.3 is 33.2 Å². The fourth-order valence-electron chi connectivity index (χ4n) is 4.77. The van der Waals surface area contributed by atoms with Crippen molar-refractivity contribution in [2.45, 2.75) is 12.3 Å². The largest absolute Gasteiger partial charge is 0.496 e. The first-order chi connectivity index (χ1) is 18.4. The van der Waals surface area contributed by atoms with Crippen LogP contribution < -0.4 is 33.2 Å². The zero-order chi connectivity index (χ0) is 27.0. The summed E-state index contributed by atoms with van der Waals surface area (Å²) in [7, 11) is 7.67. The average Bonchev–Trinajstić information content (AvgIpc) is 3.26. The Labute approximate surface area is 219 Å². The zero-order valence-corrected chi connectivity index (χ0v) is 21.6. The van der Waals surface area contributed by atoms with Gasteiger partial charge >= 0.3 is 5.97 Å². The Kier molecular flexibility index (Phi) is 6.59. The number of ether oxygens (including phenoxy) is 7. The SMILES string of the molecule is COc1cc(OC)c(OC)cc1/C=C1\Oc2c(ccc3c2[C@@H](c2ccc(OC)c(OC)c2)CC(=O)O3)C1=O. The minimum Gasteiger partial charge on any atom is -0.496 e. The van der Waals surface area contributed by atoms with E-state index in [1.165, 1.54) is 21.3 Å². The first kappa shape index (κ1) is 25.0. The van der Waals surface area contributed by atoms with Gasteiger partial charge in [-0.2, -0.15) is 0 Å². The third kappa shape index (κ3) is 4.15. The Bertz CT molecular complexity index is 1470. The second-order valence-electron chi connectivity index (χ2n) is 8.59. The molecule has 0 N–H and O–H groups in total. The van der Waals surface area contributed by atoms with E-state index in [1.807, 2.05) is 12.1 Å². The summed E-state index contributed by atoms with van der Waals surface area (Å²) in [5.41, 5.74) is 2.35. The van der Waals surface area contributed by atoms with Crippen LogP contribution in [-0.2, 0) is 4.79 Å². The number of allylic oxidation sites excluding steroid dienone is 1. The highest BCUT2D eigenvalue weighted by atomic mass is 16.5. The summed E-state index contributed by atoms with van der Waals surface area (Å²) in [4.78, 5) is 25.9. The highest BCUT2D eigenvalue weighted by Crippen LogP contribution is 2.50. The minimum absolute atomic E-state index is 0.0685. The van der Waals surface area contributed by atoms with Crippen molar-refractivity contribution in [3.05, 3.63) is 70.5 Å². The van der Waals surface area contributed by atoms with Crippen molar-refractivity contribution < 1.29 is 42.7 Å². The molecule has 38 heavy (non-hydrogen) atoms. The van der Waals surface area contributed by atoms with Crippen LogP contribution in [0.4, 0.5) is 0 Å². The molecule has 0 unspecified atom stereocenters. The Hall–Kier alpha value is -4.66. The van der Waals surface area contributed by atoms with Crippen molar-refractivity contribution in [3.8, 4) is 40.2 Å². The molecule has 1 atom stereocenters. The number of hydrogen-bond acceptors (Lipinski definition) is 9. The number of benzene rings is 3. The van der Waals surface area contributed by atoms with Gasteiger partial charge in [0.25, 0.3) is 0 Å². The smallest absolute Gasteiger partial charge is 0.312 e. The lowest BCUT2D eigenvalue weighted by Crippen LogP contribution is -2.21. The summed E-state index contributed by atoms with van der Waals surface area (Å²) in [6.45, 7) is 0. The summed E-state index contributed by atoms with van der Waals surface area (Å²) in [6.07, 6.45) is 1.66. The Morgan fingerprint density at radius 2 is 1.39 bits per heavy atom. The molecule has 3 aromatic rings. The van der Waals surface area contributed by atoms with Crippen molar-refractivity contribution in [2.24, 2.45) is 0 Å². The molecule has 3 aromatic carbocycles. The van der Waals surface area contributed by atoms with Gasteiger partial charge in [-0.05, 0) is 42.0 Å². The number of Topliss-reactive ketones (excluding diaryl/α,β-unsaturated/α-hetero) is 1. The van der Waals surface area contributed by atoms with Crippen molar-refractivity contribution in [3.63, 3.8) is 0 Å². The normalized spacial score (nSPS) is 16.8. The number of carbonyl (C=O) groups excluding carboxylic acids is 2. The van der Waals surface area contributed by atoms with Crippen LogP contribution in [-0.4, -0.2) is 47.3 Å². The Morgan fingerprint density at radius 3 is 2.08 bits per heavy atom. The van der Waals surface area contributed by atoms with E-state index in [0.717, 1.165) is 5.56 Å². The van der Waals surface area contributed by atoms with E-state index in [2.05, 4.69) is 0 Å². The second kappa shape index (κ2) is 10.0. The fourth-order valence-corrected chi connectivity index (χ4v) is 4.77. The van der Waals surface area contributed by atoms with E-state index >= 15 is 0 Å². The maximum absolute atomic E-state index is 13.4. The molecule has 0 bridgehead atoms. The van der Waals surface area contributed by atoms with Gasteiger partial charge in [-0.3, -0.25) is 9.59 Å². The monoisotopic (exact) mass is 518 g/mol. The third-order valence-electron chi connectivity index (χ3n) is 6.61. The number of ketones is 1. The van der Waals surface area contributed by atoms with Gasteiger partial charge in [0, 0.05) is 23.1 Å². The predicted octanol–water partition coefficient (Wildman–Crippen LogP) is 4.79. The number of methoxy groups -OCH3 is 5. The second-order valence-corrected chi connectivity index (χ2v) is 8.59. The quantitative estimate of drug-likeness (QED) is 0.248. The maximum Gasteiger partial charge on any atom is 0.312 e. The molecule has 0 aliphatic carbocycles.